The molecule has 1 saturated heterocycles. The van der Waals surface area contributed by atoms with Crippen LogP contribution < -0.4 is 16.4 Å². The van der Waals surface area contributed by atoms with E-state index in [0.717, 1.165) is 0 Å². The maximum atomic E-state index is 12.6. The van der Waals surface area contributed by atoms with Gasteiger partial charge < -0.3 is 31.5 Å². The molecule has 0 saturated carbocycles. The molecule has 1 aliphatic rings. The second-order valence-corrected chi connectivity index (χ2v) is 7.01. The van der Waals surface area contributed by atoms with Gasteiger partial charge in [-0.15, -0.1) is 0 Å². The monoisotopic (exact) mass is 422 g/mol. The summed E-state index contributed by atoms with van der Waals surface area (Å²) in [6, 6.07) is -4.24. The Kier molecular flexibility index (Phi) is 9.36. The van der Waals surface area contributed by atoms with Crippen molar-refractivity contribution in [1.82, 2.24) is 15.5 Å². The van der Waals surface area contributed by atoms with Crippen LogP contribution in [0.15, 0.2) is 0 Å². The number of likely N-dealkylation sites (tertiary alicyclic amines) is 1. The van der Waals surface area contributed by atoms with Gasteiger partial charge in [0.25, 0.3) is 0 Å². The van der Waals surface area contributed by atoms with Crippen molar-refractivity contribution >= 4 is 48.9 Å². The van der Waals surface area contributed by atoms with Gasteiger partial charge in [-0.3, -0.25) is 14.4 Å². The SMILES string of the molecule is CC(O)C(N)C(=O)N1CCCC1C(=O)NC(CS)C(=O)NC(CS)C(=O)O. The number of carbonyl (C=O) groups excluding carboxylic acids is 3. The number of thiol groups is 2. The van der Waals surface area contributed by atoms with Crippen molar-refractivity contribution in [3.63, 3.8) is 0 Å². The third-order valence-electron chi connectivity index (χ3n) is 4.26. The highest BCUT2D eigenvalue weighted by Gasteiger charge is 2.38. The topological polar surface area (TPSA) is 162 Å². The number of nitrogens with zero attached hydrogens (tertiary/aromatic N) is 1. The second-order valence-electron chi connectivity index (χ2n) is 6.28. The molecule has 5 unspecified atom stereocenters. The molecule has 0 radical (unpaired) electrons. The quantitative estimate of drug-likeness (QED) is 0.204. The lowest BCUT2D eigenvalue weighted by Crippen LogP contribution is -2.58. The Morgan fingerprint density at radius 2 is 1.78 bits per heavy atom. The molecule has 1 fully saturated rings. The summed E-state index contributed by atoms with van der Waals surface area (Å²) < 4.78 is 0. The Morgan fingerprint density at radius 1 is 1.19 bits per heavy atom. The van der Waals surface area contributed by atoms with Crippen molar-refractivity contribution in [2.45, 2.75) is 50.0 Å². The summed E-state index contributed by atoms with van der Waals surface area (Å²) in [6.07, 6.45) is -0.0965. The molecule has 0 aromatic carbocycles. The highest BCUT2D eigenvalue weighted by Crippen LogP contribution is 2.19. The third kappa shape index (κ3) is 6.26. The molecule has 1 aliphatic heterocycles. The van der Waals surface area contributed by atoms with E-state index in [0.29, 0.717) is 19.4 Å². The van der Waals surface area contributed by atoms with Crippen molar-refractivity contribution in [2.24, 2.45) is 5.73 Å². The summed E-state index contributed by atoms with van der Waals surface area (Å²) in [4.78, 5) is 49.4. The zero-order valence-corrected chi connectivity index (χ0v) is 16.7. The van der Waals surface area contributed by atoms with E-state index in [1.165, 1.54) is 11.8 Å². The second kappa shape index (κ2) is 10.7. The summed E-state index contributed by atoms with van der Waals surface area (Å²) in [5.74, 6) is -3.25. The van der Waals surface area contributed by atoms with Crippen LogP contribution in [0.3, 0.4) is 0 Å². The van der Waals surface area contributed by atoms with E-state index in [2.05, 4.69) is 35.9 Å². The Bertz CT molecular complexity index is 577. The van der Waals surface area contributed by atoms with E-state index >= 15 is 0 Å². The first-order valence-corrected chi connectivity index (χ1v) is 9.69. The van der Waals surface area contributed by atoms with Crippen LogP contribution in [0, 0.1) is 0 Å². The first kappa shape index (κ1) is 23.5. The number of carboxylic acid groups (broad SMARTS) is 1. The predicted octanol–water partition coefficient (Wildman–Crippen LogP) is -2.40. The summed E-state index contributed by atoms with van der Waals surface area (Å²) in [5, 5.41) is 23.2. The maximum Gasteiger partial charge on any atom is 0.327 e. The van der Waals surface area contributed by atoms with Gasteiger partial charge in [-0.1, -0.05) is 0 Å². The summed E-state index contributed by atoms with van der Waals surface area (Å²) >= 11 is 7.88. The molecule has 0 spiro atoms. The summed E-state index contributed by atoms with van der Waals surface area (Å²) in [5.41, 5.74) is 5.66. The molecule has 1 heterocycles. The molecule has 154 valence electrons. The number of aliphatic carboxylic acids is 1. The first-order chi connectivity index (χ1) is 12.6. The van der Waals surface area contributed by atoms with E-state index < -0.39 is 54.0 Å². The molecule has 0 aliphatic carbocycles. The van der Waals surface area contributed by atoms with Gasteiger partial charge in [0, 0.05) is 18.1 Å². The van der Waals surface area contributed by atoms with Crippen LogP contribution in [-0.2, 0) is 19.2 Å². The van der Waals surface area contributed by atoms with E-state index in [9.17, 15) is 24.3 Å². The fourth-order valence-corrected chi connectivity index (χ4v) is 3.13. The Morgan fingerprint density at radius 3 is 2.26 bits per heavy atom. The van der Waals surface area contributed by atoms with Crippen LogP contribution in [0.4, 0.5) is 0 Å². The molecular weight excluding hydrogens is 396 g/mol. The van der Waals surface area contributed by atoms with Crippen LogP contribution in [-0.4, -0.2) is 87.1 Å². The number of carboxylic acids is 1. The van der Waals surface area contributed by atoms with E-state index in [1.807, 2.05) is 0 Å². The molecule has 1 rings (SSSR count). The standard InChI is InChI=1S/C15H26N4O6S2/c1-7(20)11(16)14(23)19-4-2-3-10(19)13(22)17-8(5-26)12(21)18-9(6-27)15(24)25/h7-11,20,26-27H,2-6,16H2,1H3,(H,17,22)(H,18,21)(H,24,25). The van der Waals surface area contributed by atoms with Crippen LogP contribution in [0.2, 0.25) is 0 Å². The molecular formula is C15H26N4O6S2. The van der Waals surface area contributed by atoms with Crippen molar-refractivity contribution in [3.05, 3.63) is 0 Å². The molecule has 0 bridgehead atoms. The van der Waals surface area contributed by atoms with Gasteiger partial charge in [0.1, 0.15) is 24.2 Å². The number of rotatable bonds is 9. The van der Waals surface area contributed by atoms with Gasteiger partial charge in [0.15, 0.2) is 0 Å². The van der Waals surface area contributed by atoms with Crippen LogP contribution in [0.25, 0.3) is 0 Å². The number of hydrogen-bond donors (Lipinski definition) is 7. The number of hydrogen-bond acceptors (Lipinski definition) is 8. The predicted molar refractivity (Wildman–Crippen MR) is 104 cm³/mol. The third-order valence-corrected chi connectivity index (χ3v) is 4.99. The lowest BCUT2D eigenvalue weighted by atomic mass is 10.1. The smallest absolute Gasteiger partial charge is 0.327 e. The molecule has 0 aromatic heterocycles. The minimum atomic E-state index is -1.25. The highest BCUT2D eigenvalue weighted by molar-refractivity contribution is 7.80. The fourth-order valence-electron chi connectivity index (χ4n) is 2.62. The van der Waals surface area contributed by atoms with Gasteiger partial charge in [0.05, 0.1) is 6.10 Å². The van der Waals surface area contributed by atoms with E-state index in [1.54, 1.807) is 0 Å². The average molecular weight is 423 g/mol. The fraction of sp³-hybridized carbons (Fsp3) is 0.733. The molecule has 10 nitrogen and oxygen atoms in total. The zero-order valence-electron chi connectivity index (χ0n) is 14.9. The maximum absolute atomic E-state index is 12.6. The number of aliphatic hydroxyl groups excluding tert-OH is 1. The Balaban J connectivity index is 2.77. The summed E-state index contributed by atoms with van der Waals surface area (Å²) in [7, 11) is 0. The average Bonchev–Trinajstić information content (AvgIpc) is 3.11. The van der Waals surface area contributed by atoms with Gasteiger partial charge in [0.2, 0.25) is 17.7 Å². The van der Waals surface area contributed by atoms with Crippen LogP contribution >= 0.6 is 25.3 Å². The van der Waals surface area contributed by atoms with E-state index in [4.69, 9.17) is 10.8 Å². The van der Waals surface area contributed by atoms with Crippen LogP contribution in [0.5, 0.6) is 0 Å². The minimum absolute atomic E-state index is 0.0651. The number of nitrogens with two attached hydrogens (primary N) is 1. The normalized spacial score (nSPS) is 21.1. The zero-order chi connectivity index (χ0) is 20.7. The lowest BCUT2D eigenvalue weighted by molar-refractivity contribution is -0.143. The number of amides is 3. The van der Waals surface area contributed by atoms with Crippen molar-refractivity contribution in [3.8, 4) is 0 Å². The molecule has 0 aromatic rings. The van der Waals surface area contributed by atoms with Gasteiger partial charge in [-0.05, 0) is 19.8 Å². The largest absolute Gasteiger partial charge is 0.480 e. The molecule has 27 heavy (non-hydrogen) atoms. The van der Waals surface area contributed by atoms with Crippen molar-refractivity contribution in [1.29, 1.82) is 0 Å². The Labute approximate surface area is 168 Å². The highest BCUT2D eigenvalue weighted by atomic mass is 32.1. The lowest BCUT2D eigenvalue weighted by Gasteiger charge is -2.29. The van der Waals surface area contributed by atoms with Gasteiger partial charge >= 0.3 is 5.97 Å². The number of nitrogens with one attached hydrogen (secondary N) is 2. The number of carbonyl (C=O) groups is 4. The minimum Gasteiger partial charge on any atom is -0.480 e. The van der Waals surface area contributed by atoms with E-state index in [-0.39, 0.29) is 11.5 Å². The van der Waals surface area contributed by atoms with Crippen LogP contribution in [0.1, 0.15) is 19.8 Å². The molecule has 5 atom stereocenters. The van der Waals surface area contributed by atoms with Gasteiger partial charge in [-0.2, -0.15) is 25.3 Å². The molecule has 3 amide bonds. The summed E-state index contributed by atoms with van der Waals surface area (Å²) in [6.45, 7) is 1.70. The van der Waals surface area contributed by atoms with Crippen molar-refractivity contribution < 1.29 is 29.4 Å². The number of aliphatic hydroxyl groups is 1. The van der Waals surface area contributed by atoms with Gasteiger partial charge in [-0.25, -0.2) is 4.79 Å². The van der Waals surface area contributed by atoms with Crippen molar-refractivity contribution in [2.75, 3.05) is 18.1 Å². The Hall–Kier alpha value is -1.50. The first-order valence-electron chi connectivity index (χ1n) is 8.43. The molecule has 12 heteroatoms. The molecule has 6 N–H and O–H groups in total.